The first-order valence-electron chi connectivity index (χ1n) is 14.9. The van der Waals surface area contributed by atoms with Gasteiger partial charge in [-0.05, 0) is 36.5 Å². The molecule has 0 aromatic rings. The average molecular weight is 571 g/mol. The third-order valence-corrected chi connectivity index (χ3v) is 6.27. The van der Waals surface area contributed by atoms with Gasteiger partial charge in [-0.3, -0.25) is 29.0 Å². The van der Waals surface area contributed by atoms with E-state index in [4.69, 9.17) is 18.9 Å². The maximum Gasteiger partial charge on any atom is 0.320 e. The first-order chi connectivity index (χ1) is 18.8. The maximum absolute atomic E-state index is 12.8. The summed E-state index contributed by atoms with van der Waals surface area (Å²) in [7, 11) is 0. The Morgan fingerprint density at radius 2 is 0.725 bits per heavy atom. The molecule has 1 aliphatic rings. The van der Waals surface area contributed by atoms with Gasteiger partial charge in [-0.25, -0.2) is 0 Å². The Bertz CT molecular complexity index is 668. The Morgan fingerprint density at radius 1 is 0.500 bits per heavy atom. The van der Waals surface area contributed by atoms with E-state index in [2.05, 4.69) is 0 Å². The normalized spacial score (nSPS) is 17.6. The van der Waals surface area contributed by atoms with Crippen molar-refractivity contribution in [3.05, 3.63) is 0 Å². The minimum absolute atomic E-state index is 0.0892. The van der Waals surface area contributed by atoms with Crippen molar-refractivity contribution in [2.75, 3.05) is 52.6 Å². The summed E-state index contributed by atoms with van der Waals surface area (Å²) in [6, 6.07) is -0.550. The molecular formula is C30H54N2O8. The van der Waals surface area contributed by atoms with E-state index in [9.17, 15) is 19.2 Å². The Labute approximate surface area is 241 Å². The molecule has 1 aliphatic carbocycles. The molecule has 0 aliphatic heterocycles. The van der Waals surface area contributed by atoms with Gasteiger partial charge >= 0.3 is 23.9 Å². The zero-order chi connectivity index (χ0) is 30.2. The number of carbonyl (C=O) groups is 4. The van der Waals surface area contributed by atoms with Gasteiger partial charge in [0.05, 0.1) is 52.6 Å². The summed E-state index contributed by atoms with van der Waals surface area (Å²) in [4.78, 5) is 54.8. The van der Waals surface area contributed by atoms with E-state index in [1.807, 2.05) is 55.4 Å². The number of ether oxygens (including phenoxy) is 4. The molecule has 0 heterocycles. The zero-order valence-electron chi connectivity index (χ0n) is 26.1. The van der Waals surface area contributed by atoms with E-state index < -0.39 is 23.9 Å². The van der Waals surface area contributed by atoms with E-state index in [0.29, 0.717) is 12.8 Å². The van der Waals surface area contributed by atoms with Crippen LogP contribution in [-0.2, 0) is 38.1 Å². The predicted molar refractivity (Wildman–Crippen MR) is 152 cm³/mol. The SMILES string of the molecule is CC(C)COC(=O)CN(CC(=O)OCC(C)C)[C@@H]1CCCC[C@H]1N(CC(=O)OCC(C)C)CC(=O)OCC(C)C. The smallest absolute Gasteiger partial charge is 0.320 e. The van der Waals surface area contributed by atoms with E-state index in [0.717, 1.165) is 12.8 Å². The van der Waals surface area contributed by atoms with Gasteiger partial charge in [0.15, 0.2) is 0 Å². The van der Waals surface area contributed by atoms with Gasteiger partial charge in [0.1, 0.15) is 0 Å². The van der Waals surface area contributed by atoms with E-state index in [1.165, 1.54) is 0 Å². The largest absolute Gasteiger partial charge is 0.464 e. The number of hydrogen-bond acceptors (Lipinski definition) is 10. The topological polar surface area (TPSA) is 112 Å². The minimum Gasteiger partial charge on any atom is -0.464 e. The lowest BCUT2D eigenvalue weighted by molar-refractivity contribution is -0.157. The van der Waals surface area contributed by atoms with Gasteiger partial charge < -0.3 is 18.9 Å². The Balaban J connectivity index is 3.22. The number of nitrogens with zero attached hydrogens (tertiary/aromatic N) is 2. The second kappa shape index (κ2) is 19.0. The van der Waals surface area contributed by atoms with Crippen molar-refractivity contribution in [3.8, 4) is 0 Å². The van der Waals surface area contributed by atoms with Gasteiger partial charge in [0.25, 0.3) is 0 Å². The molecule has 10 nitrogen and oxygen atoms in total. The van der Waals surface area contributed by atoms with E-state index >= 15 is 0 Å². The van der Waals surface area contributed by atoms with Crippen LogP contribution in [0.2, 0.25) is 0 Å². The van der Waals surface area contributed by atoms with Crippen LogP contribution in [0.25, 0.3) is 0 Å². The summed E-state index contributed by atoms with van der Waals surface area (Å²) < 4.78 is 21.8. The van der Waals surface area contributed by atoms with Crippen LogP contribution in [-0.4, -0.2) is 98.4 Å². The highest BCUT2D eigenvalue weighted by Crippen LogP contribution is 2.28. The number of rotatable bonds is 18. The van der Waals surface area contributed by atoms with Crippen LogP contribution in [0.1, 0.15) is 81.1 Å². The molecule has 1 rings (SSSR count). The first kappa shape index (κ1) is 35.8. The van der Waals surface area contributed by atoms with Crippen molar-refractivity contribution in [2.24, 2.45) is 23.7 Å². The summed E-state index contributed by atoms with van der Waals surface area (Å²) in [5.74, 6) is -0.967. The molecule has 1 saturated carbocycles. The highest BCUT2D eigenvalue weighted by atomic mass is 16.5. The molecule has 232 valence electrons. The summed E-state index contributed by atoms with van der Waals surface area (Å²) >= 11 is 0. The lowest BCUT2D eigenvalue weighted by Gasteiger charge is -2.44. The quantitative estimate of drug-likeness (QED) is 0.179. The third kappa shape index (κ3) is 15.6. The molecule has 0 radical (unpaired) electrons. The summed E-state index contributed by atoms with van der Waals surface area (Å²) in [6.07, 6.45) is 3.17. The molecule has 2 atom stereocenters. The standard InChI is InChI=1S/C30H54N2O8/c1-21(2)17-37-27(33)13-31(14-28(34)38-18-22(3)4)25-11-9-10-12-26(25)32(15-29(35)39-19-23(5)6)16-30(36)40-20-24(7)8/h21-26H,9-20H2,1-8H3/t25-,26-/m1/s1. The summed E-state index contributed by atoms with van der Waals surface area (Å²) in [5.41, 5.74) is 0. The molecule has 10 heteroatoms. The van der Waals surface area contributed by atoms with Crippen LogP contribution in [0, 0.1) is 23.7 Å². The molecule has 0 N–H and O–H groups in total. The average Bonchev–Trinajstić information content (AvgIpc) is 2.87. The van der Waals surface area contributed by atoms with Crippen LogP contribution in [0.4, 0.5) is 0 Å². The molecule has 1 fully saturated rings. The fourth-order valence-electron chi connectivity index (χ4n) is 4.41. The van der Waals surface area contributed by atoms with Gasteiger partial charge in [-0.15, -0.1) is 0 Å². The van der Waals surface area contributed by atoms with Crippen LogP contribution in [0.15, 0.2) is 0 Å². The highest BCUT2D eigenvalue weighted by Gasteiger charge is 2.38. The van der Waals surface area contributed by atoms with Crippen molar-refractivity contribution >= 4 is 23.9 Å². The number of carbonyl (C=O) groups excluding carboxylic acids is 4. The predicted octanol–water partition coefficient (Wildman–Crippen LogP) is 3.70. The third-order valence-electron chi connectivity index (χ3n) is 6.27. The fraction of sp³-hybridized carbons (Fsp3) is 0.867. The Kier molecular flexibility index (Phi) is 17.0. The Hall–Kier alpha value is -2.20. The van der Waals surface area contributed by atoms with Crippen molar-refractivity contribution in [2.45, 2.75) is 93.2 Å². The lowest BCUT2D eigenvalue weighted by atomic mass is 9.87. The number of hydrogen-bond donors (Lipinski definition) is 0. The first-order valence-corrected chi connectivity index (χ1v) is 14.9. The molecule has 0 aromatic carbocycles. The summed E-state index contributed by atoms with van der Waals surface area (Å²) in [5, 5.41) is 0. The monoisotopic (exact) mass is 570 g/mol. The van der Waals surface area contributed by atoms with Gasteiger partial charge in [0, 0.05) is 12.1 Å². The van der Waals surface area contributed by atoms with E-state index in [-0.39, 0.29) is 88.4 Å². The molecule has 0 saturated heterocycles. The molecule has 0 bridgehead atoms. The molecular weight excluding hydrogens is 516 g/mol. The second-order valence-corrected chi connectivity index (χ2v) is 12.5. The summed E-state index contributed by atoms with van der Waals surface area (Å²) in [6.45, 7) is 16.5. The van der Waals surface area contributed by atoms with Crippen LogP contribution < -0.4 is 0 Å². The second-order valence-electron chi connectivity index (χ2n) is 12.5. The minimum atomic E-state index is -0.422. The molecule has 0 spiro atoms. The van der Waals surface area contributed by atoms with Crippen molar-refractivity contribution in [1.29, 1.82) is 0 Å². The van der Waals surface area contributed by atoms with Crippen LogP contribution in [0.3, 0.4) is 0 Å². The van der Waals surface area contributed by atoms with Gasteiger partial charge in [0.2, 0.25) is 0 Å². The molecule has 0 amide bonds. The molecule has 0 unspecified atom stereocenters. The van der Waals surface area contributed by atoms with Crippen molar-refractivity contribution in [3.63, 3.8) is 0 Å². The molecule has 40 heavy (non-hydrogen) atoms. The van der Waals surface area contributed by atoms with Crippen molar-refractivity contribution in [1.82, 2.24) is 9.80 Å². The van der Waals surface area contributed by atoms with Crippen molar-refractivity contribution < 1.29 is 38.1 Å². The van der Waals surface area contributed by atoms with Gasteiger partial charge in [-0.1, -0.05) is 68.2 Å². The Morgan fingerprint density at radius 3 is 0.925 bits per heavy atom. The lowest BCUT2D eigenvalue weighted by Crippen LogP contribution is -2.57. The molecule has 0 aromatic heterocycles. The number of esters is 4. The highest BCUT2D eigenvalue weighted by molar-refractivity contribution is 5.76. The van der Waals surface area contributed by atoms with Crippen LogP contribution in [0.5, 0.6) is 0 Å². The van der Waals surface area contributed by atoms with Gasteiger partial charge in [-0.2, -0.15) is 0 Å². The van der Waals surface area contributed by atoms with E-state index in [1.54, 1.807) is 9.80 Å². The van der Waals surface area contributed by atoms with Crippen LogP contribution >= 0.6 is 0 Å². The zero-order valence-corrected chi connectivity index (χ0v) is 26.1. The maximum atomic E-state index is 12.8. The fourth-order valence-corrected chi connectivity index (χ4v) is 4.41.